The number of rotatable bonds is 11. The van der Waals surface area contributed by atoms with Crippen molar-refractivity contribution < 1.29 is 15.3 Å². The highest BCUT2D eigenvalue weighted by Crippen LogP contribution is 2.35. The van der Waals surface area contributed by atoms with Crippen molar-refractivity contribution in [1.29, 1.82) is 0 Å². The first-order chi connectivity index (χ1) is 14.8. The summed E-state index contributed by atoms with van der Waals surface area (Å²) in [7, 11) is 0. The molecule has 0 saturated heterocycles. The maximum Gasteiger partial charge on any atom is 0.0685 e. The summed E-state index contributed by atoms with van der Waals surface area (Å²) >= 11 is 0. The molecule has 3 heteroatoms. The quantitative estimate of drug-likeness (QED) is 0.434. The molecule has 170 valence electrons. The van der Waals surface area contributed by atoms with Gasteiger partial charge in [0.05, 0.1) is 19.3 Å². The van der Waals surface area contributed by atoms with Crippen LogP contribution in [0, 0.1) is 12.8 Å². The molecule has 2 aromatic carbocycles. The average Bonchev–Trinajstić information content (AvgIpc) is 2.78. The van der Waals surface area contributed by atoms with Crippen molar-refractivity contribution in [3.8, 4) is 0 Å². The predicted molar refractivity (Wildman–Crippen MR) is 130 cm³/mol. The zero-order valence-corrected chi connectivity index (χ0v) is 19.9. The Morgan fingerprint density at radius 3 is 2.10 bits per heavy atom. The first kappa shape index (κ1) is 25.3. The Morgan fingerprint density at radius 1 is 0.903 bits per heavy atom. The minimum atomic E-state index is -0.256. The van der Waals surface area contributed by atoms with Crippen LogP contribution in [0.3, 0.4) is 0 Å². The van der Waals surface area contributed by atoms with Gasteiger partial charge in [-0.3, -0.25) is 0 Å². The zero-order valence-electron chi connectivity index (χ0n) is 19.9. The summed E-state index contributed by atoms with van der Waals surface area (Å²) in [5.41, 5.74) is 6.41. The zero-order chi connectivity index (χ0) is 23.0. The second-order valence-corrected chi connectivity index (χ2v) is 9.03. The number of benzene rings is 2. The lowest BCUT2D eigenvalue weighted by atomic mass is 9.74. The van der Waals surface area contributed by atoms with E-state index in [9.17, 15) is 15.3 Å². The van der Waals surface area contributed by atoms with Crippen LogP contribution < -0.4 is 0 Å². The van der Waals surface area contributed by atoms with Crippen LogP contribution in [0.5, 0.6) is 0 Å². The Bertz CT molecular complexity index is 863. The van der Waals surface area contributed by atoms with Crippen molar-refractivity contribution in [3.63, 3.8) is 0 Å². The summed E-state index contributed by atoms with van der Waals surface area (Å²) in [6.07, 6.45) is 7.84. The average molecular weight is 425 g/mol. The molecule has 0 aliphatic carbocycles. The Balaban J connectivity index is 2.29. The molecule has 0 saturated carbocycles. The number of hydrogen-bond donors (Lipinski definition) is 3. The molecule has 31 heavy (non-hydrogen) atoms. The summed E-state index contributed by atoms with van der Waals surface area (Å²) in [6.45, 7) is 10.6. The third-order valence-corrected chi connectivity index (χ3v) is 6.82. The number of allylic oxidation sites excluding steroid dienone is 1. The monoisotopic (exact) mass is 424 g/mol. The van der Waals surface area contributed by atoms with Crippen LogP contribution in [-0.4, -0.2) is 21.4 Å². The molecule has 2 aromatic rings. The van der Waals surface area contributed by atoms with E-state index >= 15 is 0 Å². The molecule has 1 atom stereocenters. The molecule has 3 nitrogen and oxygen atoms in total. The Labute approximate surface area is 188 Å². The molecule has 1 unspecified atom stereocenters. The van der Waals surface area contributed by atoms with E-state index in [0.29, 0.717) is 0 Å². The Hall–Kier alpha value is -1.94. The molecular weight excluding hydrogens is 384 g/mol. The SMILES string of the molecule is CCC(C=Cc1ccc(CO)c(CO)c1)(CC)c1ccc(CCC(O)C(C)C)c(C)c1. The van der Waals surface area contributed by atoms with Crippen LogP contribution in [0.15, 0.2) is 42.5 Å². The molecule has 3 N–H and O–H groups in total. The predicted octanol–water partition coefficient (Wildman–Crippen LogP) is 5.70. The molecule has 2 rings (SSSR count). The van der Waals surface area contributed by atoms with Crippen molar-refractivity contribution in [2.24, 2.45) is 5.92 Å². The first-order valence-electron chi connectivity index (χ1n) is 11.6. The lowest BCUT2D eigenvalue weighted by Crippen LogP contribution is -2.22. The molecule has 0 fully saturated rings. The largest absolute Gasteiger partial charge is 0.393 e. The van der Waals surface area contributed by atoms with Gasteiger partial charge < -0.3 is 15.3 Å². The highest BCUT2D eigenvalue weighted by atomic mass is 16.3. The first-order valence-corrected chi connectivity index (χ1v) is 11.6. The summed E-state index contributed by atoms with van der Waals surface area (Å²) in [4.78, 5) is 0. The highest BCUT2D eigenvalue weighted by Gasteiger charge is 2.26. The van der Waals surface area contributed by atoms with Gasteiger partial charge in [-0.15, -0.1) is 0 Å². The number of aryl methyl sites for hydroxylation is 2. The van der Waals surface area contributed by atoms with Gasteiger partial charge in [0, 0.05) is 5.41 Å². The molecular formula is C28H40O3. The third kappa shape index (κ3) is 6.29. The lowest BCUT2D eigenvalue weighted by Gasteiger charge is -2.30. The van der Waals surface area contributed by atoms with Gasteiger partial charge in [-0.2, -0.15) is 0 Å². The van der Waals surface area contributed by atoms with Gasteiger partial charge >= 0.3 is 0 Å². The van der Waals surface area contributed by atoms with Crippen molar-refractivity contribution in [2.45, 2.75) is 85.0 Å². The molecule has 0 heterocycles. The molecule has 0 amide bonds. The van der Waals surface area contributed by atoms with Gasteiger partial charge in [-0.25, -0.2) is 0 Å². The van der Waals surface area contributed by atoms with E-state index in [4.69, 9.17) is 0 Å². The lowest BCUT2D eigenvalue weighted by molar-refractivity contribution is 0.116. The van der Waals surface area contributed by atoms with Crippen LogP contribution in [0.2, 0.25) is 0 Å². The molecule has 0 bridgehead atoms. The van der Waals surface area contributed by atoms with Crippen molar-refractivity contribution in [1.82, 2.24) is 0 Å². The second kappa shape index (κ2) is 11.6. The van der Waals surface area contributed by atoms with E-state index in [2.05, 4.69) is 65.0 Å². The number of hydrogen-bond acceptors (Lipinski definition) is 3. The van der Waals surface area contributed by atoms with E-state index < -0.39 is 0 Å². The van der Waals surface area contributed by atoms with Crippen molar-refractivity contribution >= 4 is 6.08 Å². The summed E-state index contributed by atoms with van der Waals surface area (Å²) < 4.78 is 0. The number of aliphatic hydroxyl groups is 3. The van der Waals surface area contributed by atoms with Crippen molar-refractivity contribution in [2.75, 3.05) is 0 Å². The topological polar surface area (TPSA) is 60.7 Å². The smallest absolute Gasteiger partial charge is 0.0685 e. The van der Waals surface area contributed by atoms with Gasteiger partial charge in [0.1, 0.15) is 0 Å². The van der Waals surface area contributed by atoms with E-state index in [-0.39, 0.29) is 30.7 Å². The maximum atomic E-state index is 10.1. The van der Waals surface area contributed by atoms with Crippen LogP contribution in [0.25, 0.3) is 6.08 Å². The van der Waals surface area contributed by atoms with E-state index in [0.717, 1.165) is 42.4 Å². The minimum absolute atomic E-state index is 0.0598. The van der Waals surface area contributed by atoms with Gasteiger partial charge in [-0.05, 0) is 78.0 Å². The molecule has 0 radical (unpaired) electrons. The fourth-order valence-corrected chi connectivity index (χ4v) is 4.22. The Morgan fingerprint density at radius 2 is 1.55 bits per heavy atom. The fraction of sp³-hybridized carbons (Fsp3) is 0.500. The van der Waals surface area contributed by atoms with Crippen molar-refractivity contribution in [3.05, 3.63) is 75.9 Å². The standard InChI is InChI=1S/C28H40O3/c1-6-28(7-2,15-14-22-8-9-24(18-29)25(17-22)19-30)26-12-10-23(21(5)16-26)11-13-27(31)20(3)4/h8-10,12,14-17,20,27,29-31H,6-7,11,13,18-19H2,1-5H3. The van der Waals surface area contributed by atoms with Gasteiger partial charge in [0.2, 0.25) is 0 Å². The van der Waals surface area contributed by atoms with Gasteiger partial charge in [0.25, 0.3) is 0 Å². The van der Waals surface area contributed by atoms with E-state index in [1.165, 1.54) is 16.7 Å². The fourth-order valence-electron chi connectivity index (χ4n) is 4.22. The number of aliphatic hydroxyl groups excluding tert-OH is 3. The van der Waals surface area contributed by atoms with E-state index in [1.54, 1.807) is 0 Å². The Kier molecular flexibility index (Phi) is 9.49. The highest BCUT2D eigenvalue weighted by molar-refractivity contribution is 5.55. The summed E-state index contributed by atoms with van der Waals surface area (Å²) in [6, 6.07) is 12.6. The molecule has 0 aliphatic rings. The van der Waals surface area contributed by atoms with Crippen LogP contribution >= 0.6 is 0 Å². The maximum absolute atomic E-state index is 10.1. The normalized spacial score (nSPS) is 13.3. The second-order valence-electron chi connectivity index (χ2n) is 9.03. The third-order valence-electron chi connectivity index (χ3n) is 6.82. The van der Waals surface area contributed by atoms with Gasteiger partial charge in [0.15, 0.2) is 0 Å². The summed E-state index contributed by atoms with van der Waals surface area (Å²) in [5.74, 6) is 0.287. The van der Waals surface area contributed by atoms with Gasteiger partial charge in [-0.1, -0.05) is 70.2 Å². The van der Waals surface area contributed by atoms with Crippen LogP contribution in [0.4, 0.5) is 0 Å². The molecule has 0 aliphatic heterocycles. The van der Waals surface area contributed by atoms with Crippen LogP contribution in [-0.2, 0) is 25.0 Å². The summed E-state index contributed by atoms with van der Waals surface area (Å²) in [5, 5.41) is 29.2. The van der Waals surface area contributed by atoms with E-state index in [1.807, 2.05) is 18.2 Å². The molecule has 0 aromatic heterocycles. The minimum Gasteiger partial charge on any atom is -0.393 e. The van der Waals surface area contributed by atoms with Crippen LogP contribution in [0.1, 0.15) is 80.3 Å². The molecule has 0 spiro atoms.